The molecule has 12 heavy (non-hydrogen) atoms. The van der Waals surface area contributed by atoms with Gasteiger partial charge in [-0.25, -0.2) is 12.1 Å². The summed E-state index contributed by atoms with van der Waals surface area (Å²) in [5.41, 5.74) is 0. The molecular weight excluding hydrogens is 241 g/mol. The van der Waals surface area contributed by atoms with E-state index in [0.717, 1.165) is 0 Å². The number of rotatable bonds is 0. The monoisotopic (exact) mass is 252 g/mol. The van der Waals surface area contributed by atoms with E-state index in [2.05, 4.69) is 6.92 Å². The molecule has 0 unspecified atom stereocenters. The van der Waals surface area contributed by atoms with Crippen LogP contribution in [0, 0.1) is 6.92 Å². The van der Waals surface area contributed by atoms with Gasteiger partial charge in [-0.3, -0.25) is 0 Å². The summed E-state index contributed by atoms with van der Waals surface area (Å²) < 4.78 is 2.87. The van der Waals surface area contributed by atoms with E-state index < -0.39 is 16.2 Å². The summed E-state index contributed by atoms with van der Waals surface area (Å²) in [6, 6.07) is 10.0. The minimum Gasteiger partial charge on any atom is -0.346 e. The quantitative estimate of drug-likeness (QED) is 0.516. The van der Waals surface area contributed by atoms with Gasteiger partial charge in [0, 0.05) is 0 Å². The van der Waals surface area contributed by atoms with Gasteiger partial charge < -0.3 is 6.92 Å². The van der Waals surface area contributed by atoms with Crippen LogP contribution >= 0.6 is 0 Å². The zero-order valence-corrected chi connectivity index (χ0v) is 8.50. The van der Waals surface area contributed by atoms with E-state index in [0.29, 0.717) is 0 Å². The Kier molecular flexibility index (Phi) is 19.0. The molecule has 0 aliphatic rings. The van der Waals surface area contributed by atoms with Gasteiger partial charge in [-0.15, -0.1) is 0 Å². The van der Waals surface area contributed by atoms with Crippen molar-refractivity contribution < 1.29 is 25.8 Å². The van der Waals surface area contributed by atoms with Crippen LogP contribution in [0.15, 0.2) is 30.3 Å². The third-order valence-electron chi connectivity index (χ3n) is 0.628. The van der Waals surface area contributed by atoms with Crippen LogP contribution < -0.4 is 0 Å². The summed E-state index contributed by atoms with van der Waals surface area (Å²) in [6.07, 6.45) is 0. The van der Waals surface area contributed by atoms with Gasteiger partial charge in [0.2, 0.25) is 0 Å². The molecule has 0 saturated heterocycles. The molecule has 0 amide bonds. The second-order valence-corrected chi connectivity index (χ2v) is 2.34. The van der Waals surface area contributed by atoms with Gasteiger partial charge in [0.25, 0.3) is 0 Å². The van der Waals surface area contributed by atoms with Crippen molar-refractivity contribution in [2.24, 2.45) is 0 Å². The molecular formula is C9H10O2Ru-2. The Balaban J connectivity index is 0. The van der Waals surface area contributed by atoms with E-state index in [9.17, 15) is 0 Å². The Bertz CT molecular complexity index is 219. The molecule has 0 aromatic heterocycles. The van der Waals surface area contributed by atoms with Crippen LogP contribution in [0.25, 0.3) is 0 Å². The Labute approximate surface area is 79.2 Å². The first kappa shape index (κ1) is 13.7. The summed E-state index contributed by atoms with van der Waals surface area (Å²) >= 11 is -0.842. The first-order valence-corrected chi connectivity index (χ1v) is 4.87. The number of hydrogen-bond acceptors (Lipinski definition) is 2. The zero-order valence-electron chi connectivity index (χ0n) is 6.76. The van der Waals surface area contributed by atoms with Crippen molar-refractivity contribution in [1.82, 2.24) is 0 Å². The average Bonchev–Trinajstić information content (AvgIpc) is 2.67. The van der Waals surface area contributed by atoms with Crippen molar-refractivity contribution in [3.8, 4) is 0 Å². The molecule has 0 spiro atoms. The molecule has 0 radical (unpaired) electrons. The molecule has 0 aliphatic carbocycles. The van der Waals surface area contributed by atoms with E-state index >= 15 is 0 Å². The van der Waals surface area contributed by atoms with Crippen LogP contribution in [0.4, 0.5) is 0 Å². The fourth-order valence-corrected chi connectivity index (χ4v) is 0.408. The van der Waals surface area contributed by atoms with Crippen LogP contribution in [0.3, 0.4) is 0 Å². The molecule has 68 valence electrons. The average molecular weight is 251 g/mol. The van der Waals surface area contributed by atoms with Gasteiger partial charge in [-0.2, -0.15) is 25.1 Å². The predicted octanol–water partition coefficient (Wildman–Crippen LogP) is 1.45. The molecule has 0 fully saturated rings. The summed E-state index contributed by atoms with van der Waals surface area (Å²) in [6.45, 7) is 5.00. The van der Waals surface area contributed by atoms with E-state index in [1.807, 2.05) is 30.3 Å². The third kappa shape index (κ3) is 16.1. The zero-order chi connectivity index (χ0) is 9.66. The maximum absolute atomic E-state index is 9.06. The van der Waals surface area contributed by atoms with Crippen molar-refractivity contribution in [2.75, 3.05) is 0 Å². The summed E-state index contributed by atoms with van der Waals surface area (Å²) in [7, 11) is 0. The van der Waals surface area contributed by atoms with Crippen molar-refractivity contribution in [3.05, 3.63) is 37.3 Å². The van der Waals surface area contributed by atoms with Crippen LogP contribution in [-0.2, 0) is 25.8 Å². The van der Waals surface area contributed by atoms with Crippen LogP contribution in [-0.4, -0.2) is 8.95 Å². The second kappa shape index (κ2) is 16.6. The van der Waals surface area contributed by atoms with Crippen LogP contribution in [0.2, 0.25) is 0 Å². The van der Waals surface area contributed by atoms with Crippen molar-refractivity contribution in [3.63, 3.8) is 0 Å². The summed E-state index contributed by atoms with van der Waals surface area (Å²) in [4.78, 5) is 18.1. The van der Waals surface area contributed by atoms with E-state index in [-0.39, 0.29) is 0 Å². The van der Waals surface area contributed by atoms with Gasteiger partial charge in [0.15, 0.2) is 0 Å². The minimum absolute atomic E-state index is 0.842. The van der Waals surface area contributed by atoms with Crippen molar-refractivity contribution in [1.29, 1.82) is 0 Å². The molecule has 0 aliphatic heterocycles. The molecule has 0 heterocycles. The SMILES string of the molecule is O=[C]=[Ru]=[C]=O.[CH2-]C.c1cc[cH-]c1. The number of hydrogen-bond donors (Lipinski definition) is 0. The summed E-state index contributed by atoms with van der Waals surface area (Å²) in [5.74, 6) is 0. The van der Waals surface area contributed by atoms with Gasteiger partial charge >= 0.3 is 34.8 Å². The van der Waals surface area contributed by atoms with E-state index in [1.54, 1.807) is 6.92 Å². The molecule has 0 bridgehead atoms. The maximum Gasteiger partial charge on any atom is -0.172 e. The van der Waals surface area contributed by atoms with Crippen molar-refractivity contribution in [2.45, 2.75) is 6.92 Å². The normalized spacial score (nSPS) is 5.83. The van der Waals surface area contributed by atoms with Gasteiger partial charge in [0.05, 0.1) is 0 Å². The Morgan fingerprint density at radius 3 is 1.67 bits per heavy atom. The Hall–Kier alpha value is -0.867. The molecule has 0 N–H and O–H groups in total. The van der Waals surface area contributed by atoms with E-state index in [1.165, 1.54) is 8.95 Å². The van der Waals surface area contributed by atoms with Crippen LogP contribution in [0.5, 0.6) is 0 Å². The van der Waals surface area contributed by atoms with Gasteiger partial charge in [0.1, 0.15) is 0 Å². The Morgan fingerprint density at radius 2 is 1.58 bits per heavy atom. The van der Waals surface area contributed by atoms with Gasteiger partial charge in [-0.1, -0.05) is 0 Å². The second-order valence-electron chi connectivity index (χ2n) is 1.19. The Morgan fingerprint density at radius 1 is 1.17 bits per heavy atom. The molecule has 1 aromatic carbocycles. The first-order chi connectivity index (χ1) is 5.91. The minimum atomic E-state index is -0.842. The van der Waals surface area contributed by atoms with E-state index in [4.69, 9.17) is 9.59 Å². The predicted molar refractivity (Wildman–Crippen MR) is 44.5 cm³/mol. The fraction of sp³-hybridized carbons (Fsp3) is 0.111. The molecule has 3 heteroatoms. The van der Waals surface area contributed by atoms with Crippen molar-refractivity contribution >= 4 is 8.95 Å². The fourth-order valence-electron chi connectivity index (χ4n) is 0.335. The molecule has 0 atom stereocenters. The van der Waals surface area contributed by atoms with Gasteiger partial charge in [-0.05, 0) is 0 Å². The topological polar surface area (TPSA) is 34.1 Å². The summed E-state index contributed by atoms with van der Waals surface area (Å²) in [5, 5.41) is 0. The largest absolute Gasteiger partial charge is 0.346 e. The molecule has 1 rings (SSSR count). The molecule has 0 saturated carbocycles. The maximum atomic E-state index is 9.06. The third-order valence-corrected chi connectivity index (χ3v) is 0.983. The first-order valence-electron chi connectivity index (χ1n) is 3.14. The molecule has 1 aromatic rings. The van der Waals surface area contributed by atoms with Crippen LogP contribution in [0.1, 0.15) is 6.92 Å². The standard InChI is InChI=1S/C5H5.C2H5.2CO.Ru/c1-2-4-5-3-1;3*1-2;/h1-5H;1H2,2H3;;;/q2*-1;;;. The molecule has 2 nitrogen and oxygen atoms in total. The number of carbonyl (C=O) groups excluding carboxylic acids is 2. The smallest absolute Gasteiger partial charge is 0.172 e.